The average Bonchev–Trinajstić information content (AvgIpc) is 3.28. The lowest BCUT2D eigenvalue weighted by atomic mass is 10.1. The molecule has 0 aliphatic carbocycles. The van der Waals surface area contributed by atoms with Gasteiger partial charge in [0.1, 0.15) is 0 Å². The maximum Gasteiger partial charge on any atom is 0.195 e. The molecule has 0 radical (unpaired) electrons. The summed E-state index contributed by atoms with van der Waals surface area (Å²) in [5, 5.41) is 8.97. The first kappa shape index (κ1) is 22.4. The Balaban J connectivity index is 1.67. The third-order valence-corrected chi connectivity index (χ3v) is 5.97. The highest BCUT2D eigenvalue weighted by atomic mass is 32.1. The molecule has 2 N–H and O–H groups in total. The van der Waals surface area contributed by atoms with Gasteiger partial charge in [-0.25, -0.2) is 0 Å². The van der Waals surface area contributed by atoms with Gasteiger partial charge in [-0.1, -0.05) is 6.07 Å². The van der Waals surface area contributed by atoms with E-state index in [2.05, 4.69) is 45.0 Å². The molecule has 0 amide bonds. The number of nitrogens with zero attached hydrogens (tertiary/aromatic N) is 2. The highest BCUT2D eigenvalue weighted by Gasteiger charge is 2.26. The van der Waals surface area contributed by atoms with Crippen LogP contribution in [-0.4, -0.2) is 64.0 Å². The van der Waals surface area contributed by atoms with Crippen LogP contribution in [0, 0.1) is 0 Å². The maximum atomic E-state index is 5.73. The van der Waals surface area contributed by atoms with Gasteiger partial charge in [0.2, 0.25) is 0 Å². The lowest BCUT2D eigenvalue weighted by Gasteiger charge is -2.37. The van der Waals surface area contributed by atoms with Crippen molar-refractivity contribution in [1.82, 2.24) is 10.2 Å². The Morgan fingerprint density at radius 2 is 2.23 bits per heavy atom. The Bertz CT molecular complexity index is 813. The number of hydrogen-bond acceptors (Lipinski definition) is 6. The zero-order chi connectivity index (χ0) is 21.3. The van der Waals surface area contributed by atoms with Crippen molar-refractivity contribution in [2.75, 3.05) is 52.3 Å². The molecule has 0 saturated carbocycles. The summed E-state index contributed by atoms with van der Waals surface area (Å²) >= 11 is 1.79. The fraction of sp³-hybridized carbons (Fsp3) is 0.500. The Morgan fingerprint density at radius 1 is 1.37 bits per heavy atom. The van der Waals surface area contributed by atoms with E-state index in [0.717, 1.165) is 37.7 Å². The molecule has 30 heavy (non-hydrogen) atoms. The van der Waals surface area contributed by atoms with Crippen molar-refractivity contribution in [3.8, 4) is 11.5 Å². The van der Waals surface area contributed by atoms with Crippen LogP contribution in [0.15, 0.2) is 40.7 Å². The number of rotatable bonds is 8. The summed E-state index contributed by atoms with van der Waals surface area (Å²) in [6.07, 6.45) is 0.245. The SMILES string of the molecule is CCOc1ccc(NC(=NC)NCC(c2cccs2)N2CCOC(C)C2)cc1OC. The fourth-order valence-corrected chi connectivity index (χ4v) is 4.41. The first-order valence-electron chi connectivity index (χ1n) is 10.3. The van der Waals surface area contributed by atoms with Crippen molar-refractivity contribution < 1.29 is 14.2 Å². The minimum atomic E-state index is 0.245. The van der Waals surface area contributed by atoms with E-state index in [1.165, 1.54) is 4.88 Å². The molecule has 3 rings (SSSR count). The minimum Gasteiger partial charge on any atom is -0.493 e. The highest BCUT2D eigenvalue weighted by molar-refractivity contribution is 7.10. The summed E-state index contributed by atoms with van der Waals surface area (Å²) in [7, 11) is 3.42. The number of morpholine rings is 1. The van der Waals surface area contributed by atoms with Crippen molar-refractivity contribution in [1.29, 1.82) is 0 Å². The Labute approximate surface area is 183 Å². The zero-order valence-corrected chi connectivity index (χ0v) is 19.0. The van der Waals surface area contributed by atoms with Crippen molar-refractivity contribution in [2.45, 2.75) is 26.0 Å². The van der Waals surface area contributed by atoms with E-state index in [4.69, 9.17) is 14.2 Å². The topological polar surface area (TPSA) is 67.4 Å². The third kappa shape index (κ3) is 5.87. The Morgan fingerprint density at radius 3 is 2.90 bits per heavy atom. The molecule has 1 aromatic heterocycles. The average molecular weight is 433 g/mol. The highest BCUT2D eigenvalue weighted by Crippen LogP contribution is 2.30. The lowest BCUT2D eigenvalue weighted by Crippen LogP contribution is -2.47. The van der Waals surface area contributed by atoms with Gasteiger partial charge in [0.15, 0.2) is 17.5 Å². The van der Waals surface area contributed by atoms with Crippen LogP contribution in [0.25, 0.3) is 0 Å². The number of benzene rings is 1. The number of hydrogen-bond donors (Lipinski definition) is 2. The smallest absolute Gasteiger partial charge is 0.195 e. The lowest BCUT2D eigenvalue weighted by molar-refractivity contribution is -0.0333. The van der Waals surface area contributed by atoms with Gasteiger partial charge in [-0.2, -0.15) is 0 Å². The number of guanidine groups is 1. The molecular weight excluding hydrogens is 400 g/mol. The van der Waals surface area contributed by atoms with E-state index in [0.29, 0.717) is 18.3 Å². The van der Waals surface area contributed by atoms with Crippen LogP contribution in [-0.2, 0) is 4.74 Å². The molecule has 8 heteroatoms. The molecule has 1 fully saturated rings. The van der Waals surface area contributed by atoms with Gasteiger partial charge < -0.3 is 24.8 Å². The summed E-state index contributed by atoms with van der Waals surface area (Å²) in [6, 6.07) is 10.4. The number of anilines is 1. The quantitative estimate of drug-likeness (QED) is 0.491. The van der Waals surface area contributed by atoms with E-state index in [1.807, 2.05) is 25.1 Å². The van der Waals surface area contributed by atoms with Crippen molar-refractivity contribution in [2.24, 2.45) is 4.99 Å². The van der Waals surface area contributed by atoms with Crippen LogP contribution in [0.3, 0.4) is 0 Å². The van der Waals surface area contributed by atoms with Crippen LogP contribution >= 0.6 is 11.3 Å². The van der Waals surface area contributed by atoms with Crippen LogP contribution in [0.5, 0.6) is 11.5 Å². The second kappa shape index (κ2) is 11.2. The fourth-order valence-electron chi connectivity index (χ4n) is 3.55. The standard InChI is InChI=1S/C22H32N4O3S/c1-5-28-19-9-8-17(13-20(19)27-4)25-22(23-3)24-14-18(21-7-6-12-30-21)26-10-11-29-16(2)15-26/h6-9,12-13,16,18H,5,10-11,14-15H2,1-4H3,(H2,23,24,25). The molecule has 0 spiro atoms. The molecule has 2 unspecified atom stereocenters. The van der Waals surface area contributed by atoms with E-state index in [9.17, 15) is 0 Å². The second-order valence-corrected chi connectivity index (χ2v) is 8.06. The van der Waals surface area contributed by atoms with Gasteiger partial charge in [-0.15, -0.1) is 11.3 Å². The molecular formula is C22H32N4O3S. The van der Waals surface area contributed by atoms with Gasteiger partial charge >= 0.3 is 0 Å². The van der Waals surface area contributed by atoms with Crippen molar-refractivity contribution in [3.63, 3.8) is 0 Å². The molecule has 2 heterocycles. The third-order valence-electron chi connectivity index (χ3n) is 5.00. The summed E-state index contributed by atoms with van der Waals surface area (Å²) in [5.74, 6) is 2.13. The van der Waals surface area contributed by atoms with Crippen LogP contribution in [0.4, 0.5) is 5.69 Å². The van der Waals surface area contributed by atoms with E-state index >= 15 is 0 Å². The number of methoxy groups -OCH3 is 1. The van der Waals surface area contributed by atoms with E-state index in [1.54, 1.807) is 25.5 Å². The van der Waals surface area contributed by atoms with Gasteiger partial charge in [-0.3, -0.25) is 9.89 Å². The van der Waals surface area contributed by atoms with E-state index in [-0.39, 0.29) is 12.1 Å². The second-order valence-electron chi connectivity index (χ2n) is 7.08. The Hall–Kier alpha value is -2.29. The summed E-state index contributed by atoms with van der Waals surface area (Å²) < 4.78 is 16.8. The summed E-state index contributed by atoms with van der Waals surface area (Å²) in [5.41, 5.74) is 0.885. The summed E-state index contributed by atoms with van der Waals surface area (Å²) in [6.45, 7) is 8.05. The number of aliphatic imine (C=N–C) groups is 1. The molecule has 164 valence electrons. The predicted octanol–water partition coefficient (Wildman–Crippen LogP) is 3.60. The van der Waals surface area contributed by atoms with Crippen LogP contribution in [0.1, 0.15) is 24.8 Å². The number of ether oxygens (including phenoxy) is 3. The zero-order valence-electron chi connectivity index (χ0n) is 18.2. The first-order chi connectivity index (χ1) is 14.6. The van der Waals surface area contributed by atoms with Crippen LogP contribution < -0.4 is 20.1 Å². The maximum absolute atomic E-state index is 5.73. The van der Waals surface area contributed by atoms with Gasteiger partial charge in [0.25, 0.3) is 0 Å². The summed E-state index contributed by atoms with van der Waals surface area (Å²) in [4.78, 5) is 8.22. The van der Waals surface area contributed by atoms with Gasteiger partial charge in [0, 0.05) is 43.3 Å². The molecule has 2 aromatic rings. The molecule has 2 atom stereocenters. The molecule has 7 nitrogen and oxygen atoms in total. The normalized spacial score (nSPS) is 18.7. The van der Waals surface area contributed by atoms with Crippen LogP contribution in [0.2, 0.25) is 0 Å². The van der Waals surface area contributed by atoms with Gasteiger partial charge in [0.05, 0.1) is 32.5 Å². The predicted molar refractivity (Wildman–Crippen MR) is 123 cm³/mol. The van der Waals surface area contributed by atoms with Gasteiger partial charge in [-0.05, 0) is 37.4 Å². The number of thiophene rings is 1. The minimum absolute atomic E-state index is 0.245. The van der Waals surface area contributed by atoms with Crippen molar-refractivity contribution in [3.05, 3.63) is 40.6 Å². The molecule has 1 aliphatic rings. The Kier molecular flexibility index (Phi) is 8.36. The van der Waals surface area contributed by atoms with E-state index < -0.39 is 0 Å². The largest absolute Gasteiger partial charge is 0.493 e. The molecule has 1 aliphatic heterocycles. The molecule has 0 bridgehead atoms. The molecule has 1 saturated heterocycles. The number of nitrogens with one attached hydrogen (secondary N) is 2. The molecule has 1 aromatic carbocycles. The van der Waals surface area contributed by atoms with Crippen molar-refractivity contribution >= 4 is 23.0 Å². The monoisotopic (exact) mass is 432 g/mol. The first-order valence-corrected chi connectivity index (χ1v) is 11.2.